The molecule has 0 bridgehead atoms. The number of hydrogen-bond acceptors (Lipinski definition) is 7. The minimum atomic E-state index is -1.81. The summed E-state index contributed by atoms with van der Waals surface area (Å²) >= 11 is 0. The molecule has 0 radical (unpaired) electrons. The highest BCUT2D eigenvalue weighted by molar-refractivity contribution is 5.89. The van der Waals surface area contributed by atoms with Gasteiger partial charge in [0.15, 0.2) is 5.60 Å². The Hall–Kier alpha value is -3.07. The van der Waals surface area contributed by atoms with Gasteiger partial charge in [0, 0.05) is 28.6 Å². The maximum atomic E-state index is 13.6. The fourth-order valence-electron chi connectivity index (χ4n) is 7.68. The van der Waals surface area contributed by atoms with E-state index < -0.39 is 11.6 Å². The molecular formula is C32H38N4O4. The molecule has 0 saturated carbocycles. The Kier molecular flexibility index (Phi) is 6.33. The summed E-state index contributed by atoms with van der Waals surface area (Å²) in [6.45, 7) is 7.59. The van der Waals surface area contributed by atoms with Gasteiger partial charge in [-0.2, -0.15) is 0 Å². The van der Waals surface area contributed by atoms with Crippen LogP contribution in [0, 0.1) is 0 Å². The number of rotatable bonds is 4. The molecular weight excluding hydrogens is 504 g/mol. The standard InChI is InChI=1S/C32H38N4O4/c1-3-21-22-15-19(27-7-5-6-14-35(27)20-10-12-33-13-11-20)8-9-26(22)34-29-23(21)17-36-28(29)16-25-24(30(36)37)18-40-31(38)32(25,39)4-2/h8-9,15-16,20,27,33,39H,3-7,10-14,17-18H2,1-2H3/t27?,32-/m0/s1. The first-order valence-corrected chi connectivity index (χ1v) is 15.0. The summed E-state index contributed by atoms with van der Waals surface area (Å²) in [6, 6.07) is 9.64. The average molecular weight is 543 g/mol. The molecule has 40 heavy (non-hydrogen) atoms. The van der Waals surface area contributed by atoms with Crippen LogP contribution in [0.4, 0.5) is 0 Å². The normalized spacial score (nSPS) is 25.0. The van der Waals surface area contributed by atoms with Crippen molar-refractivity contribution in [1.29, 1.82) is 0 Å². The number of esters is 1. The average Bonchev–Trinajstić information content (AvgIpc) is 3.36. The van der Waals surface area contributed by atoms with E-state index in [9.17, 15) is 14.7 Å². The summed E-state index contributed by atoms with van der Waals surface area (Å²) in [5.74, 6) is -0.695. The summed E-state index contributed by atoms with van der Waals surface area (Å²) in [6.07, 6.45) is 7.09. The second-order valence-electron chi connectivity index (χ2n) is 11.9. The predicted octanol–water partition coefficient (Wildman–Crippen LogP) is 3.92. The van der Waals surface area contributed by atoms with Crippen LogP contribution in [0.2, 0.25) is 0 Å². The van der Waals surface area contributed by atoms with Gasteiger partial charge < -0.3 is 19.7 Å². The monoisotopic (exact) mass is 542 g/mol. The lowest BCUT2D eigenvalue weighted by atomic mass is 9.86. The molecule has 4 aliphatic heterocycles. The number of carbonyl (C=O) groups is 1. The highest BCUT2D eigenvalue weighted by atomic mass is 16.6. The summed E-state index contributed by atoms with van der Waals surface area (Å²) in [5.41, 5.74) is 4.74. The first-order valence-electron chi connectivity index (χ1n) is 15.0. The number of carbonyl (C=O) groups excluding carboxylic acids is 1. The van der Waals surface area contributed by atoms with E-state index in [1.54, 1.807) is 17.6 Å². The Morgan fingerprint density at radius 3 is 2.70 bits per heavy atom. The van der Waals surface area contributed by atoms with E-state index in [4.69, 9.17) is 9.72 Å². The molecule has 2 saturated heterocycles. The fraction of sp³-hybridized carbons (Fsp3) is 0.531. The SMILES string of the molecule is CCc1c2c(nc3ccc(C4CCCCN4C4CCNCC4)cc13)-c1cc3c(c(=O)n1C2)COC(=O)[C@]3(O)CC. The Bertz CT molecular complexity index is 1570. The van der Waals surface area contributed by atoms with Crippen LogP contribution in [0.3, 0.4) is 0 Å². The van der Waals surface area contributed by atoms with Crippen LogP contribution < -0.4 is 10.9 Å². The molecule has 1 aromatic carbocycles. The van der Waals surface area contributed by atoms with Crippen molar-refractivity contribution in [3.63, 3.8) is 0 Å². The number of aryl methyl sites for hydroxylation is 1. The molecule has 3 aromatic rings. The van der Waals surface area contributed by atoms with E-state index in [0.29, 0.717) is 35.4 Å². The van der Waals surface area contributed by atoms with E-state index in [1.165, 1.54) is 48.6 Å². The number of nitrogens with zero attached hydrogens (tertiary/aromatic N) is 3. The number of hydrogen-bond donors (Lipinski definition) is 2. The second kappa shape index (κ2) is 9.79. The molecule has 6 heterocycles. The van der Waals surface area contributed by atoms with Gasteiger partial charge in [0.1, 0.15) is 6.61 Å². The van der Waals surface area contributed by atoms with Gasteiger partial charge in [-0.25, -0.2) is 9.78 Å². The smallest absolute Gasteiger partial charge is 0.343 e. The van der Waals surface area contributed by atoms with Gasteiger partial charge in [-0.15, -0.1) is 0 Å². The second-order valence-corrected chi connectivity index (χ2v) is 11.9. The molecule has 2 aromatic heterocycles. The van der Waals surface area contributed by atoms with Crippen molar-refractivity contribution in [2.75, 3.05) is 19.6 Å². The quantitative estimate of drug-likeness (QED) is 0.378. The Morgan fingerprint density at radius 2 is 1.93 bits per heavy atom. The molecule has 0 aliphatic carbocycles. The molecule has 7 rings (SSSR count). The maximum Gasteiger partial charge on any atom is 0.343 e. The number of likely N-dealkylation sites (tertiary alicyclic amines) is 1. The van der Waals surface area contributed by atoms with Gasteiger partial charge in [0.25, 0.3) is 5.56 Å². The Labute approximate surface area is 234 Å². The summed E-state index contributed by atoms with van der Waals surface area (Å²) < 4.78 is 6.98. The van der Waals surface area contributed by atoms with E-state index in [-0.39, 0.29) is 18.6 Å². The number of fused-ring (bicyclic) bond motifs is 5. The van der Waals surface area contributed by atoms with Gasteiger partial charge in [0.2, 0.25) is 0 Å². The lowest BCUT2D eigenvalue weighted by Crippen LogP contribution is -2.46. The van der Waals surface area contributed by atoms with Gasteiger partial charge in [0.05, 0.1) is 29.0 Å². The number of pyridine rings is 2. The van der Waals surface area contributed by atoms with E-state index in [1.807, 2.05) is 0 Å². The van der Waals surface area contributed by atoms with Gasteiger partial charge in [-0.05, 0) is 87.5 Å². The van der Waals surface area contributed by atoms with Crippen LogP contribution in [0.25, 0.3) is 22.3 Å². The minimum absolute atomic E-state index is 0.111. The van der Waals surface area contributed by atoms with Crippen LogP contribution in [-0.4, -0.2) is 51.2 Å². The third-order valence-corrected chi connectivity index (χ3v) is 9.89. The predicted molar refractivity (Wildman–Crippen MR) is 153 cm³/mol. The van der Waals surface area contributed by atoms with Gasteiger partial charge >= 0.3 is 5.97 Å². The number of ether oxygens (including phenoxy) is 1. The molecule has 1 unspecified atom stereocenters. The zero-order chi connectivity index (χ0) is 27.6. The number of aliphatic hydroxyl groups is 1. The number of piperidine rings is 2. The lowest BCUT2D eigenvalue weighted by Gasteiger charge is -2.43. The molecule has 0 spiro atoms. The molecule has 2 N–H and O–H groups in total. The van der Waals surface area contributed by atoms with Crippen LogP contribution in [0.1, 0.15) is 86.2 Å². The van der Waals surface area contributed by atoms with Crippen LogP contribution in [0.5, 0.6) is 0 Å². The van der Waals surface area contributed by atoms with Gasteiger partial charge in [-0.3, -0.25) is 9.69 Å². The third-order valence-electron chi connectivity index (χ3n) is 9.89. The van der Waals surface area contributed by atoms with Crippen molar-refractivity contribution in [2.45, 2.75) is 89.6 Å². The maximum absolute atomic E-state index is 13.6. The van der Waals surface area contributed by atoms with Crippen molar-refractivity contribution in [3.8, 4) is 11.4 Å². The van der Waals surface area contributed by atoms with E-state index in [0.717, 1.165) is 42.8 Å². The number of nitrogens with one attached hydrogen (secondary N) is 1. The first-order chi connectivity index (χ1) is 19.4. The zero-order valence-corrected chi connectivity index (χ0v) is 23.5. The number of benzene rings is 1. The van der Waals surface area contributed by atoms with Crippen LogP contribution >= 0.6 is 0 Å². The molecule has 2 fully saturated rings. The van der Waals surface area contributed by atoms with E-state index in [2.05, 4.69) is 35.3 Å². The Balaban J connectivity index is 1.34. The minimum Gasteiger partial charge on any atom is -0.458 e. The van der Waals surface area contributed by atoms with E-state index >= 15 is 0 Å². The molecule has 210 valence electrons. The number of aromatic nitrogens is 2. The third kappa shape index (κ3) is 3.80. The van der Waals surface area contributed by atoms with Crippen molar-refractivity contribution < 1.29 is 14.6 Å². The van der Waals surface area contributed by atoms with Crippen molar-refractivity contribution in [2.24, 2.45) is 0 Å². The molecule has 8 heteroatoms. The summed E-state index contributed by atoms with van der Waals surface area (Å²) in [7, 11) is 0. The van der Waals surface area contributed by atoms with Crippen molar-refractivity contribution in [3.05, 3.63) is 62.4 Å². The highest BCUT2D eigenvalue weighted by Gasteiger charge is 2.45. The van der Waals surface area contributed by atoms with Gasteiger partial charge in [-0.1, -0.05) is 26.3 Å². The fourth-order valence-corrected chi connectivity index (χ4v) is 7.68. The molecule has 2 atom stereocenters. The van der Waals surface area contributed by atoms with Crippen LogP contribution in [-0.2, 0) is 34.7 Å². The highest BCUT2D eigenvalue weighted by Crippen LogP contribution is 2.42. The largest absolute Gasteiger partial charge is 0.458 e. The molecule has 0 amide bonds. The Morgan fingerprint density at radius 1 is 1.10 bits per heavy atom. The summed E-state index contributed by atoms with van der Waals surface area (Å²) in [4.78, 5) is 34.0. The van der Waals surface area contributed by atoms with Crippen molar-refractivity contribution in [1.82, 2.24) is 19.8 Å². The molecule has 4 aliphatic rings. The topological polar surface area (TPSA) is 96.7 Å². The summed E-state index contributed by atoms with van der Waals surface area (Å²) in [5, 5.41) is 15.9. The molecule has 8 nitrogen and oxygen atoms in total. The zero-order valence-electron chi connectivity index (χ0n) is 23.5. The van der Waals surface area contributed by atoms with Crippen molar-refractivity contribution >= 4 is 16.9 Å². The number of cyclic esters (lactones) is 1. The van der Waals surface area contributed by atoms with Crippen LogP contribution in [0.15, 0.2) is 29.1 Å². The lowest BCUT2D eigenvalue weighted by molar-refractivity contribution is -0.172. The first kappa shape index (κ1) is 25.9.